The number of rotatable bonds is 5. The van der Waals surface area contributed by atoms with Gasteiger partial charge in [0.2, 0.25) is 5.91 Å². The summed E-state index contributed by atoms with van der Waals surface area (Å²) in [5.41, 5.74) is 2.17. The molecule has 1 amide bonds. The highest BCUT2D eigenvalue weighted by molar-refractivity contribution is 5.79. The molecular weight excluding hydrogens is 356 g/mol. The van der Waals surface area contributed by atoms with Gasteiger partial charge in [0.05, 0.1) is 25.7 Å². The van der Waals surface area contributed by atoms with Crippen LogP contribution in [-0.2, 0) is 22.6 Å². The summed E-state index contributed by atoms with van der Waals surface area (Å²) in [5.74, 6) is 1.05. The lowest BCUT2D eigenvalue weighted by Gasteiger charge is -2.51. The molecule has 0 atom stereocenters. The van der Waals surface area contributed by atoms with Gasteiger partial charge in [0, 0.05) is 51.3 Å². The van der Waals surface area contributed by atoms with Crippen molar-refractivity contribution in [3.63, 3.8) is 0 Å². The molecule has 0 bridgehead atoms. The average Bonchev–Trinajstić information content (AvgIpc) is 3.20. The highest BCUT2D eigenvalue weighted by atomic mass is 16.5. The zero-order valence-corrected chi connectivity index (χ0v) is 16.6. The maximum Gasteiger partial charge on any atom is 0.237 e. The second-order valence-corrected chi connectivity index (χ2v) is 7.78. The first kappa shape index (κ1) is 19.0. The molecule has 7 heteroatoms. The molecule has 28 heavy (non-hydrogen) atoms. The molecule has 2 aliphatic heterocycles. The normalized spacial score (nSPS) is 19.9. The van der Waals surface area contributed by atoms with E-state index in [0.717, 1.165) is 50.5 Å². The van der Waals surface area contributed by atoms with E-state index in [9.17, 15) is 4.79 Å². The van der Waals surface area contributed by atoms with E-state index in [4.69, 9.17) is 9.47 Å². The van der Waals surface area contributed by atoms with Crippen molar-refractivity contribution in [3.05, 3.63) is 47.8 Å². The molecule has 1 aromatic heterocycles. The number of aromatic nitrogens is 2. The van der Waals surface area contributed by atoms with Crippen LogP contribution in [0.25, 0.3) is 0 Å². The second kappa shape index (κ2) is 7.93. The summed E-state index contributed by atoms with van der Waals surface area (Å²) in [5, 5.41) is 4.30. The van der Waals surface area contributed by atoms with Crippen LogP contribution < -0.4 is 4.74 Å². The Morgan fingerprint density at radius 3 is 2.79 bits per heavy atom. The van der Waals surface area contributed by atoms with E-state index in [0.29, 0.717) is 13.1 Å². The number of piperazine rings is 1. The van der Waals surface area contributed by atoms with E-state index in [1.54, 1.807) is 13.3 Å². The Balaban J connectivity index is 1.52. The minimum atomic E-state index is -0.0993. The maximum absolute atomic E-state index is 12.7. The number of likely N-dealkylation sites (N-methyl/N-ethyl adjacent to an activating group) is 1. The summed E-state index contributed by atoms with van der Waals surface area (Å²) >= 11 is 0. The van der Waals surface area contributed by atoms with Crippen LogP contribution in [0.3, 0.4) is 0 Å². The number of hydrogen-bond donors (Lipinski definition) is 0. The number of hydrogen-bond acceptors (Lipinski definition) is 5. The highest BCUT2D eigenvalue weighted by Gasteiger charge is 2.44. The molecule has 0 radical (unpaired) electrons. The van der Waals surface area contributed by atoms with Crippen LogP contribution in [0.4, 0.5) is 0 Å². The van der Waals surface area contributed by atoms with Crippen LogP contribution in [0.15, 0.2) is 36.7 Å². The average molecular weight is 384 g/mol. The van der Waals surface area contributed by atoms with E-state index in [2.05, 4.69) is 22.1 Å². The van der Waals surface area contributed by atoms with Gasteiger partial charge in [-0.2, -0.15) is 5.10 Å². The van der Waals surface area contributed by atoms with Crippen molar-refractivity contribution in [1.82, 2.24) is 19.6 Å². The van der Waals surface area contributed by atoms with E-state index in [1.165, 1.54) is 5.56 Å². The van der Waals surface area contributed by atoms with Crippen molar-refractivity contribution in [2.24, 2.45) is 0 Å². The summed E-state index contributed by atoms with van der Waals surface area (Å²) in [4.78, 5) is 16.9. The van der Waals surface area contributed by atoms with Gasteiger partial charge in [0.25, 0.3) is 0 Å². The van der Waals surface area contributed by atoms with Crippen LogP contribution in [-0.4, -0.2) is 71.5 Å². The second-order valence-electron chi connectivity index (χ2n) is 7.78. The van der Waals surface area contributed by atoms with E-state index in [1.807, 2.05) is 35.0 Å². The van der Waals surface area contributed by atoms with Gasteiger partial charge >= 0.3 is 0 Å². The first-order valence-corrected chi connectivity index (χ1v) is 9.80. The Hall–Kier alpha value is -2.38. The molecule has 3 heterocycles. The third kappa shape index (κ3) is 3.77. The minimum Gasteiger partial charge on any atom is -0.496 e. The van der Waals surface area contributed by atoms with Crippen molar-refractivity contribution in [1.29, 1.82) is 0 Å². The first-order valence-electron chi connectivity index (χ1n) is 9.80. The van der Waals surface area contributed by atoms with Crippen LogP contribution in [0.2, 0.25) is 0 Å². The van der Waals surface area contributed by atoms with E-state index >= 15 is 0 Å². The quantitative estimate of drug-likeness (QED) is 0.786. The topological polar surface area (TPSA) is 59.8 Å². The van der Waals surface area contributed by atoms with Gasteiger partial charge in [0.15, 0.2) is 0 Å². The van der Waals surface area contributed by atoms with Crippen molar-refractivity contribution < 1.29 is 14.3 Å². The molecule has 0 aliphatic carbocycles. The van der Waals surface area contributed by atoms with Crippen molar-refractivity contribution >= 4 is 5.91 Å². The predicted octanol–water partition coefficient (Wildman–Crippen LogP) is 1.76. The van der Waals surface area contributed by atoms with Crippen LogP contribution in [0, 0.1) is 0 Å². The molecule has 2 aromatic rings. The number of amides is 1. The number of nitrogens with zero attached hydrogens (tertiary/aromatic N) is 4. The largest absolute Gasteiger partial charge is 0.496 e. The molecule has 0 saturated carbocycles. The molecule has 2 saturated heterocycles. The Kier molecular flexibility index (Phi) is 5.37. The standard InChI is InChI=1S/C21H28N4O3/c1-23-20(26)15-24(16-21(23)6-10-28-11-7-21)13-17-4-5-19(27-2)18(12-17)14-25-9-3-8-22-25/h3-5,8-9,12H,6-7,10-11,13-16H2,1-2H3. The fourth-order valence-electron chi connectivity index (χ4n) is 4.38. The van der Waals surface area contributed by atoms with Crippen LogP contribution in [0.1, 0.15) is 24.0 Å². The van der Waals surface area contributed by atoms with Gasteiger partial charge in [-0.05, 0) is 36.6 Å². The van der Waals surface area contributed by atoms with Gasteiger partial charge in [-0.1, -0.05) is 6.07 Å². The molecule has 1 aromatic carbocycles. The maximum atomic E-state index is 12.7. The Labute approximate surface area is 165 Å². The molecular formula is C21H28N4O3. The third-order valence-corrected chi connectivity index (χ3v) is 6.03. The fourth-order valence-corrected chi connectivity index (χ4v) is 4.38. The molecule has 7 nitrogen and oxygen atoms in total. The van der Waals surface area contributed by atoms with Crippen molar-refractivity contribution in [2.45, 2.75) is 31.5 Å². The van der Waals surface area contributed by atoms with E-state index in [-0.39, 0.29) is 11.4 Å². The zero-order chi connectivity index (χ0) is 19.6. The monoisotopic (exact) mass is 384 g/mol. The van der Waals surface area contributed by atoms with E-state index < -0.39 is 0 Å². The summed E-state index contributed by atoms with van der Waals surface area (Å²) in [7, 11) is 3.64. The van der Waals surface area contributed by atoms with Gasteiger partial charge in [0.1, 0.15) is 5.75 Å². The van der Waals surface area contributed by atoms with Crippen LogP contribution >= 0.6 is 0 Å². The van der Waals surface area contributed by atoms with Gasteiger partial charge in [-0.25, -0.2) is 0 Å². The SMILES string of the molecule is COc1ccc(CN2CC(=O)N(C)C3(CCOCC3)C2)cc1Cn1cccn1. The molecule has 150 valence electrons. The third-order valence-electron chi connectivity index (χ3n) is 6.03. The minimum absolute atomic E-state index is 0.0993. The van der Waals surface area contributed by atoms with Gasteiger partial charge in [-0.15, -0.1) is 0 Å². The number of benzene rings is 1. The Morgan fingerprint density at radius 1 is 1.25 bits per heavy atom. The van der Waals surface area contributed by atoms with Gasteiger partial charge < -0.3 is 14.4 Å². The smallest absolute Gasteiger partial charge is 0.237 e. The lowest BCUT2D eigenvalue weighted by molar-refractivity contribution is -0.150. The van der Waals surface area contributed by atoms with Crippen LogP contribution in [0.5, 0.6) is 5.75 Å². The zero-order valence-electron chi connectivity index (χ0n) is 16.6. The molecule has 0 N–H and O–H groups in total. The first-order chi connectivity index (χ1) is 13.6. The summed E-state index contributed by atoms with van der Waals surface area (Å²) in [6, 6.07) is 8.18. The number of carbonyl (C=O) groups excluding carboxylic acids is 1. The fraction of sp³-hybridized carbons (Fsp3) is 0.524. The molecule has 2 fully saturated rings. The summed E-state index contributed by atoms with van der Waals surface area (Å²) < 4.78 is 13.0. The molecule has 4 rings (SSSR count). The number of ether oxygens (including phenoxy) is 2. The molecule has 1 spiro atoms. The Bertz CT molecular complexity index is 815. The highest BCUT2D eigenvalue weighted by Crippen LogP contribution is 2.32. The molecule has 0 unspecified atom stereocenters. The number of methoxy groups -OCH3 is 1. The number of carbonyl (C=O) groups is 1. The lowest BCUT2D eigenvalue weighted by atomic mass is 9.85. The van der Waals surface area contributed by atoms with Gasteiger partial charge in [-0.3, -0.25) is 14.4 Å². The summed E-state index contributed by atoms with van der Waals surface area (Å²) in [6.45, 7) is 4.20. The molecule has 2 aliphatic rings. The lowest BCUT2D eigenvalue weighted by Crippen LogP contribution is -2.64. The van der Waals surface area contributed by atoms with Crippen molar-refractivity contribution in [3.8, 4) is 5.75 Å². The predicted molar refractivity (Wildman–Crippen MR) is 105 cm³/mol. The van der Waals surface area contributed by atoms with Crippen molar-refractivity contribution in [2.75, 3.05) is 40.5 Å². The Morgan fingerprint density at radius 2 is 2.07 bits per heavy atom. The summed E-state index contributed by atoms with van der Waals surface area (Å²) in [6.07, 6.45) is 5.53.